The summed E-state index contributed by atoms with van der Waals surface area (Å²) in [4.78, 5) is 51.6. The second-order valence-electron chi connectivity index (χ2n) is 7.54. The molecule has 2 aliphatic rings. The molecule has 4 rings (SSSR count). The third-order valence-electron chi connectivity index (χ3n) is 5.38. The molecule has 2 aliphatic heterocycles. The average Bonchev–Trinajstić information content (AvgIpc) is 3.36. The topological polar surface area (TPSA) is 90.0 Å². The molecule has 0 aliphatic carbocycles. The lowest BCUT2D eigenvalue weighted by molar-refractivity contribution is 0.0318. The molecule has 0 spiro atoms. The van der Waals surface area contributed by atoms with Gasteiger partial charge in [0.2, 0.25) is 5.78 Å². The van der Waals surface area contributed by atoms with Crippen LogP contribution in [0.2, 0.25) is 5.02 Å². The average molecular weight is 442 g/mol. The van der Waals surface area contributed by atoms with Crippen molar-refractivity contribution in [3.8, 4) is 0 Å². The van der Waals surface area contributed by atoms with Gasteiger partial charge in [0.15, 0.2) is 6.10 Å². The van der Waals surface area contributed by atoms with Crippen molar-refractivity contribution < 1.29 is 28.7 Å². The molecule has 1 fully saturated rings. The van der Waals surface area contributed by atoms with E-state index in [9.17, 15) is 19.2 Å². The van der Waals surface area contributed by atoms with Gasteiger partial charge in [-0.3, -0.25) is 19.3 Å². The van der Waals surface area contributed by atoms with E-state index >= 15 is 0 Å². The Morgan fingerprint density at radius 2 is 1.90 bits per heavy atom. The zero-order valence-electron chi connectivity index (χ0n) is 16.8. The molecule has 0 unspecified atom stereocenters. The minimum absolute atomic E-state index is 0.0876. The standard InChI is InChI=1S/C23H20ClNO6/c1-13(20(26)14-4-2-5-16(24)10-14)31-23(29)15-7-8-18-19(11-15)22(28)25(21(18)27)12-17-6-3-9-30-17/h2,4-5,7-8,10-11,13,17H,3,6,9,12H2,1H3/t13-,17-/m0/s1. The Balaban J connectivity index is 1.47. The van der Waals surface area contributed by atoms with Crippen molar-refractivity contribution in [2.24, 2.45) is 0 Å². The SMILES string of the molecule is C[C@H](OC(=O)c1ccc2c(c1)C(=O)N(C[C@@H]1CCCO1)C2=O)C(=O)c1cccc(Cl)c1. The van der Waals surface area contributed by atoms with Crippen molar-refractivity contribution in [1.29, 1.82) is 0 Å². The number of ether oxygens (including phenoxy) is 2. The monoisotopic (exact) mass is 441 g/mol. The first-order valence-corrected chi connectivity index (χ1v) is 10.4. The number of amides is 2. The number of halogens is 1. The van der Waals surface area contributed by atoms with Crippen LogP contribution in [-0.2, 0) is 9.47 Å². The lowest BCUT2D eigenvalue weighted by atomic mass is 10.1. The number of Topliss-reactive ketones (excluding diaryl/α,β-unsaturated/α-hetero) is 1. The van der Waals surface area contributed by atoms with Crippen LogP contribution in [0.25, 0.3) is 0 Å². The third-order valence-corrected chi connectivity index (χ3v) is 5.61. The van der Waals surface area contributed by atoms with E-state index in [1.165, 1.54) is 31.2 Å². The number of carbonyl (C=O) groups excluding carboxylic acids is 4. The number of esters is 1. The molecule has 160 valence electrons. The summed E-state index contributed by atoms with van der Waals surface area (Å²) in [7, 11) is 0. The van der Waals surface area contributed by atoms with Crippen LogP contribution in [0.1, 0.15) is 61.2 Å². The van der Waals surface area contributed by atoms with Gasteiger partial charge >= 0.3 is 5.97 Å². The minimum atomic E-state index is -1.05. The van der Waals surface area contributed by atoms with Crippen molar-refractivity contribution in [1.82, 2.24) is 4.90 Å². The largest absolute Gasteiger partial charge is 0.451 e. The summed E-state index contributed by atoms with van der Waals surface area (Å²) >= 11 is 5.91. The van der Waals surface area contributed by atoms with Crippen molar-refractivity contribution in [3.05, 3.63) is 69.7 Å². The summed E-state index contributed by atoms with van der Waals surface area (Å²) < 4.78 is 10.8. The summed E-state index contributed by atoms with van der Waals surface area (Å²) in [5.41, 5.74) is 0.797. The maximum absolute atomic E-state index is 12.7. The fraction of sp³-hybridized carbons (Fsp3) is 0.304. The van der Waals surface area contributed by atoms with Crippen LogP contribution in [0.3, 0.4) is 0 Å². The molecule has 2 heterocycles. The highest BCUT2D eigenvalue weighted by molar-refractivity contribution is 6.31. The number of nitrogens with zero attached hydrogens (tertiary/aromatic N) is 1. The molecule has 8 heteroatoms. The number of fused-ring (bicyclic) bond motifs is 1. The molecular weight excluding hydrogens is 422 g/mol. The number of benzene rings is 2. The number of hydrogen-bond acceptors (Lipinski definition) is 6. The highest BCUT2D eigenvalue weighted by atomic mass is 35.5. The molecular formula is C23H20ClNO6. The van der Waals surface area contributed by atoms with Crippen LogP contribution in [0.5, 0.6) is 0 Å². The molecule has 2 aromatic carbocycles. The fourth-order valence-electron chi connectivity index (χ4n) is 3.73. The molecule has 2 atom stereocenters. The normalized spacial score (nSPS) is 18.8. The molecule has 2 aromatic rings. The molecule has 0 aromatic heterocycles. The number of rotatable bonds is 6. The molecule has 0 saturated carbocycles. The Labute approximate surface area is 183 Å². The zero-order chi connectivity index (χ0) is 22.1. The zero-order valence-corrected chi connectivity index (χ0v) is 17.6. The number of carbonyl (C=O) groups is 4. The predicted molar refractivity (Wildman–Crippen MR) is 111 cm³/mol. The van der Waals surface area contributed by atoms with Crippen molar-refractivity contribution in [2.75, 3.05) is 13.2 Å². The number of ketones is 1. The summed E-state index contributed by atoms with van der Waals surface area (Å²) in [5, 5.41) is 0.402. The highest BCUT2D eigenvalue weighted by Crippen LogP contribution is 2.26. The summed E-state index contributed by atoms with van der Waals surface area (Å²) in [6.07, 6.45) is 0.483. The first kappa shape index (κ1) is 21.2. The first-order valence-electron chi connectivity index (χ1n) is 9.98. The van der Waals surface area contributed by atoms with Crippen LogP contribution < -0.4 is 0 Å². The molecule has 0 N–H and O–H groups in total. The smallest absolute Gasteiger partial charge is 0.338 e. The van der Waals surface area contributed by atoms with Gasteiger partial charge in [-0.15, -0.1) is 0 Å². The van der Waals surface area contributed by atoms with Gasteiger partial charge in [-0.1, -0.05) is 23.7 Å². The summed E-state index contributed by atoms with van der Waals surface area (Å²) in [6, 6.07) is 10.5. The van der Waals surface area contributed by atoms with Crippen LogP contribution in [0.4, 0.5) is 0 Å². The molecule has 31 heavy (non-hydrogen) atoms. The van der Waals surface area contributed by atoms with E-state index in [-0.39, 0.29) is 29.3 Å². The Bertz CT molecular complexity index is 1080. The Hall–Kier alpha value is -3.03. The van der Waals surface area contributed by atoms with E-state index in [1.807, 2.05) is 0 Å². The quantitative estimate of drug-likeness (QED) is 0.387. The van der Waals surface area contributed by atoms with Gasteiger partial charge < -0.3 is 9.47 Å². The van der Waals surface area contributed by atoms with Gasteiger partial charge in [-0.25, -0.2) is 4.79 Å². The van der Waals surface area contributed by atoms with E-state index in [2.05, 4.69) is 0 Å². The number of hydrogen-bond donors (Lipinski definition) is 0. The van der Waals surface area contributed by atoms with Crippen LogP contribution in [0, 0.1) is 0 Å². The Morgan fingerprint density at radius 1 is 1.13 bits per heavy atom. The van der Waals surface area contributed by atoms with Crippen molar-refractivity contribution in [3.63, 3.8) is 0 Å². The van der Waals surface area contributed by atoms with Gasteiger partial charge in [0, 0.05) is 17.2 Å². The molecule has 7 nitrogen and oxygen atoms in total. The van der Waals surface area contributed by atoms with E-state index in [1.54, 1.807) is 18.2 Å². The molecule has 1 saturated heterocycles. The molecule has 0 bridgehead atoms. The van der Waals surface area contributed by atoms with Gasteiger partial charge in [0.25, 0.3) is 11.8 Å². The van der Waals surface area contributed by atoms with E-state index in [0.29, 0.717) is 17.2 Å². The van der Waals surface area contributed by atoms with Crippen LogP contribution in [-0.4, -0.2) is 53.8 Å². The fourth-order valence-corrected chi connectivity index (χ4v) is 3.92. The number of imide groups is 1. The van der Waals surface area contributed by atoms with E-state index in [0.717, 1.165) is 17.7 Å². The van der Waals surface area contributed by atoms with Gasteiger partial charge in [-0.05, 0) is 50.1 Å². The van der Waals surface area contributed by atoms with E-state index in [4.69, 9.17) is 21.1 Å². The second-order valence-corrected chi connectivity index (χ2v) is 7.97. The second kappa shape index (κ2) is 8.61. The van der Waals surface area contributed by atoms with Crippen molar-refractivity contribution >= 4 is 35.2 Å². The van der Waals surface area contributed by atoms with Gasteiger partial charge in [0.05, 0.1) is 29.3 Å². The van der Waals surface area contributed by atoms with E-state index < -0.39 is 29.7 Å². The van der Waals surface area contributed by atoms with Gasteiger partial charge in [0.1, 0.15) is 0 Å². The van der Waals surface area contributed by atoms with Crippen LogP contribution >= 0.6 is 11.6 Å². The maximum Gasteiger partial charge on any atom is 0.338 e. The maximum atomic E-state index is 12.7. The van der Waals surface area contributed by atoms with Gasteiger partial charge in [-0.2, -0.15) is 0 Å². The molecule has 2 amide bonds. The Kier molecular flexibility index (Phi) is 5.89. The lowest BCUT2D eigenvalue weighted by Crippen LogP contribution is -2.36. The minimum Gasteiger partial charge on any atom is -0.451 e. The van der Waals surface area contributed by atoms with Crippen LogP contribution in [0.15, 0.2) is 42.5 Å². The summed E-state index contributed by atoms with van der Waals surface area (Å²) in [5.74, 6) is -2.03. The predicted octanol–water partition coefficient (Wildman–Crippen LogP) is 3.54. The Morgan fingerprint density at radius 3 is 2.61 bits per heavy atom. The summed E-state index contributed by atoms with van der Waals surface area (Å²) in [6.45, 7) is 2.28. The highest BCUT2D eigenvalue weighted by Gasteiger charge is 2.38. The molecule has 0 radical (unpaired) electrons. The third kappa shape index (κ3) is 4.24. The van der Waals surface area contributed by atoms with Crippen molar-refractivity contribution in [2.45, 2.75) is 32.0 Å². The first-order chi connectivity index (χ1) is 14.8. The lowest BCUT2D eigenvalue weighted by Gasteiger charge is -2.17.